The lowest BCUT2D eigenvalue weighted by molar-refractivity contribution is -0.126. The van der Waals surface area contributed by atoms with E-state index in [1.807, 2.05) is 13.0 Å². The highest BCUT2D eigenvalue weighted by molar-refractivity contribution is 5.96. The highest BCUT2D eigenvalue weighted by Crippen LogP contribution is 2.32. The van der Waals surface area contributed by atoms with Gasteiger partial charge in [-0.3, -0.25) is 4.79 Å². The molecular formula is C15H18FN3O. The van der Waals surface area contributed by atoms with Crippen molar-refractivity contribution in [3.63, 3.8) is 0 Å². The number of hydrogen-bond acceptors (Lipinski definition) is 3. The van der Waals surface area contributed by atoms with Gasteiger partial charge in [0.2, 0.25) is 5.91 Å². The van der Waals surface area contributed by atoms with Gasteiger partial charge in [-0.15, -0.1) is 0 Å². The van der Waals surface area contributed by atoms with Gasteiger partial charge in [-0.2, -0.15) is 5.26 Å². The highest BCUT2D eigenvalue weighted by Gasteiger charge is 2.38. The predicted octanol–water partition coefficient (Wildman–Crippen LogP) is 2.42. The van der Waals surface area contributed by atoms with Crippen LogP contribution >= 0.6 is 0 Å². The van der Waals surface area contributed by atoms with Crippen LogP contribution in [0.3, 0.4) is 0 Å². The number of amides is 1. The van der Waals surface area contributed by atoms with E-state index in [1.54, 1.807) is 0 Å². The Morgan fingerprint density at radius 1 is 1.60 bits per heavy atom. The molecule has 20 heavy (non-hydrogen) atoms. The van der Waals surface area contributed by atoms with E-state index in [2.05, 4.69) is 10.6 Å². The number of nitrogens with zero attached hydrogens (tertiary/aromatic N) is 1. The van der Waals surface area contributed by atoms with Crippen molar-refractivity contribution in [2.75, 3.05) is 18.4 Å². The van der Waals surface area contributed by atoms with Crippen molar-refractivity contribution in [2.24, 2.45) is 5.41 Å². The maximum Gasteiger partial charge on any atom is 0.231 e. The summed E-state index contributed by atoms with van der Waals surface area (Å²) in [7, 11) is 0. The van der Waals surface area contributed by atoms with E-state index in [-0.39, 0.29) is 11.5 Å². The molecule has 2 N–H and O–H groups in total. The average Bonchev–Trinajstić information content (AvgIpc) is 2.49. The molecule has 1 amide bonds. The zero-order valence-electron chi connectivity index (χ0n) is 11.5. The molecule has 1 aromatic rings. The average molecular weight is 275 g/mol. The first-order valence-electron chi connectivity index (χ1n) is 6.83. The van der Waals surface area contributed by atoms with E-state index in [0.717, 1.165) is 31.9 Å². The molecule has 0 saturated carbocycles. The van der Waals surface area contributed by atoms with Crippen molar-refractivity contribution in [2.45, 2.75) is 26.2 Å². The van der Waals surface area contributed by atoms with Crippen LogP contribution in [0.1, 0.15) is 31.7 Å². The summed E-state index contributed by atoms with van der Waals surface area (Å²) in [5.41, 5.74) is 0.0741. The van der Waals surface area contributed by atoms with E-state index < -0.39 is 11.2 Å². The molecule has 1 aromatic carbocycles. The molecule has 1 fully saturated rings. The van der Waals surface area contributed by atoms with Gasteiger partial charge < -0.3 is 10.6 Å². The SMILES string of the molecule is CCC1(C(=O)Nc2ccc(F)cc2C#N)CCCNC1. The third kappa shape index (κ3) is 2.81. The Balaban J connectivity index is 2.21. The van der Waals surface area contributed by atoms with Crippen LogP contribution in [0.2, 0.25) is 0 Å². The van der Waals surface area contributed by atoms with Crippen LogP contribution < -0.4 is 10.6 Å². The van der Waals surface area contributed by atoms with Crippen LogP contribution in [-0.2, 0) is 4.79 Å². The molecule has 0 radical (unpaired) electrons. The van der Waals surface area contributed by atoms with Crippen LogP contribution in [0, 0.1) is 22.6 Å². The van der Waals surface area contributed by atoms with Gasteiger partial charge in [0.1, 0.15) is 11.9 Å². The summed E-state index contributed by atoms with van der Waals surface area (Å²) in [4.78, 5) is 12.5. The fourth-order valence-electron chi connectivity index (χ4n) is 2.60. The number of rotatable bonds is 3. The molecule has 0 bridgehead atoms. The van der Waals surface area contributed by atoms with Gasteiger partial charge in [0, 0.05) is 6.54 Å². The van der Waals surface area contributed by atoms with Crippen molar-refractivity contribution >= 4 is 11.6 Å². The molecule has 5 heteroatoms. The van der Waals surface area contributed by atoms with Gasteiger partial charge in [0.15, 0.2) is 0 Å². The number of nitriles is 1. The van der Waals surface area contributed by atoms with Gasteiger partial charge >= 0.3 is 0 Å². The Morgan fingerprint density at radius 2 is 2.40 bits per heavy atom. The number of carbonyl (C=O) groups is 1. The van der Waals surface area contributed by atoms with Crippen LogP contribution in [0.25, 0.3) is 0 Å². The largest absolute Gasteiger partial charge is 0.324 e. The number of carbonyl (C=O) groups excluding carboxylic acids is 1. The number of nitrogens with one attached hydrogen (secondary N) is 2. The fraction of sp³-hybridized carbons (Fsp3) is 0.467. The molecule has 106 valence electrons. The Labute approximate surface area is 118 Å². The minimum atomic E-state index is -0.482. The van der Waals surface area contributed by atoms with Crippen molar-refractivity contribution in [3.05, 3.63) is 29.6 Å². The summed E-state index contributed by atoms with van der Waals surface area (Å²) in [6.45, 7) is 3.55. The van der Waals surface area contributed by atoms with Gasteiger partial charge in [0.25, 0.3) is 0 Å². The van der Waals surface area contributed by atoms with E-state index >= 15 is 0 Å². The molecule has 2 rings (SSSR count). The smallest absolute Gasteiger partial charge is 0.231 e. The van der Waals surface area contributed by atoms with Gasteiger partial charge in [-0.05, 0) is 44.0 Å². The summed E-state index contributed by atoms with van der Waals surface area (Å²) >= 11 is 0. The monoisotopic (exact) mass is 275 g/mol. The Morgan fingerprint density at radius 3 is 3.00 bits per heavy atom. The summed E-state index contributed by atoms with van der Waals surface area (Å²) < 4.78 is 13.1. The summed E-state index contributed by atoms with van der Waals surface area (Å²) in [5, 5.41) is 15.0. The molecule has 4 nitrogen and oxygen atoms in total. The zero-order valence-corrected chi connectivity index (χ0v) is 11.5. The molecule has 1 unspecified atom stereocenters. The first kappa shape index (κ1) is 14.5. The number of halogens is 1. The summed E-state index contributed by atoms with van der Waals surface area (Å²) in [6.07, 6.45) is 2.51. The topological polar surface area (TPSA) is 64.9 Å². The Bertz CT molecular complexity index is 545. The lowest BCUT2D eigenvalue weighted by Crippen LogP contribution is -2.47. The van der Waals surface area contributed by atoms with E-state index in [4.69, 9.17) is 5.26 Å². The van der Waals surface area contributed by atoms with E-state index in [1.165, 1.54) is 12.1 Å². The number of benzene rings is 1. The zero-order chi connectivity index (χ0) is 14.6. The molecule has 1 saturated heterocycles. The maximum absolute atomic E-state index is 13.1. The van der Waals surface area contributed by atoms with Crippen LogP contribution in [0.4, 0.5) is 10.1 Å². The molecule has 0 aliphatic carbocycles. The van der Waals surface area contributed by atoms with Crippen molar-refractivity contribution in [3.8, 4) is 6.07 Å². The van der Waals surface area contributed by atoms with Crippen LogP contribution in [-0.4, -0.2) is 19.0 Å². The summed E-state index contributed by atoms with van der Waals surface area (Å²) in [6, 6.07) is 5.72. The van der Waals surface area contributed by atoms with Crippen LogP contribution in [0.15, 0.2) is 18.2 Å². The van der Waals surface area contributed by atoms with Crippen molar-refractivity contribution in [1.29, 1.82) is 5.26 Å². The van der Waals surface area contributed by atoms with Gasteiger partial charge in [-0.1, -0.05) is 6.92 Å². The minimum absolute atomic E-state index is 0.102. The van der Waals surface area contributed by atoms with E-state index in [9.17, 15) is 9.18 Å². The second-order valence-corrected chi connectivity index (χ2v) is 5.17. The molecular weight excluding hydrogens is 257 g/mol. The first-order valence-corrected chi connectivity index (χ1v) is 6.83. The predicted molar refractivity (Wildman–Crippen MR) is 74.6 cm³/mol. The molecule has 0 aromatic heterocycles. The second-order valence-electron chi connectivity index (χ2n) is 5.17. The van der Waals surface area contributed by atoms with Crippen LogP contribution in [0.5, 0.6) is 0 Å². The minimum Gasteiger partial charge on any atom is -0.324 e. The normalized spacial score (nSPS) is 22.1. The Hall–Kier alpha value is -1.93. The lowest BCUT2D eigenvalue weighted by atomic mass is 9.77. The third-order valence-electron chi connectivity index (χ3n) is 3.98. The number of hydrogen-bond donors (Lipinski definition) is 2. The van der Waals surface area contributed by atoms with Gasteiger partial charge in [0.05, 0.1) is 16.7 Å². The molecule has 1 atom stereocenters. The number of piperidine rings is 1. The third-order valence-corrected chi connectivity index (χ3v) is 3.98. The quantitative estimate of drug-likeness (QED) is 0.890. The van der Waals surface area contributed by atoms with Crippen molar-refractivity contribution < 1.29 is 9.18 Å². The second kappa shape index (κ2) is 6.02. The maximum atomic E-state index is 13.1. The number of anilines is 1. The highest BCUT2D eigenvalue weighted by atomic mass is 19.1. The standard InChI is InChI=1S/C15H18FN3O/c1-2-15(6-3-7-18-10-15)14(20)19-13-5-4-12(16)8-11(13)9-17/h4-5,8,18H,2-3,6-7,10H2,1H3,(H,19,20). The molecule has 1 aliphatic rings. The molecule has 1 heterocycles. The molecule has 1 aliphatic heterocycles. The first-order chi connectivity index (χ1) is 9.61. The molecule has 0 spiro atoms. The van der Waals surface area contributed by atoms with Gasteiger partial charge in [-0.25, -0.2) is 4.39 Å². The van der Waals surface area contributed by atoms with E-state index in [0.29, 0.717) is 12.2 Å². The summed E-state index contributed by atoms with van der Waals surface area (Å²) in [5.74, 6) is -0.584. The van der Waals surface area contributed by atoms with Crippen molar-refractivity contribution in [1.82, 2.24) is 5.32 Å². The Kier molecular flexibility index (Phi) is 4.35. The lowest BCUT2D eigenvalue weighted by Gasteiger charge is -2.35. The fourth-order valence-corrected chi connectivity index (χ4v) is 2.60.